The van der Waals surface area contributed by atoms with Crippen molar-refractivity contribution >= 4 is 21.6 Å². The van der Waals surface area contributed by atoms with E-state index in [2.05, 4.69) is 10.5 Å². The number of likely N-dealkylation sites (N-methyl/N-ethyl adjacent to an activating group) is 1. The number of carbonyl (C=O) groups excluding carboxylic acids is 1. The van der Waals surface area contributed by atoms with Crippen LogP contribution < -0.4 is 5.32 Å². The lowest BCUT2D eigenvalue weighted by molar-refractivity contribution is -0.117. The number of aromatic nitrogens is 1. The molecule has 0 atom stereocenters. The Morgan fingerprint density at radius 3 is 2.29 bits per heavy atom. The number of amides is 1. The van der Waals surface area contributed by atoms with Gasteiger partial charge in [0.15, 0.2) is 0 Å². The van der Waals surface area contributed by atoms with Crippen LogP contribution in [0.2, 0.25) is 0 Å². The maximum absolute atomic E-state index is 12.5. The molecule has 0 aliphatic rings. The van der Waals surface area contributed by atoms with Crippen molar-refractivity contribution in [3.8, 4) is 0 Å². The number of hydrogen-bond donors (Lipinski definition) is 1. The molecular formula is C19H28N4O4S. The Balaban J connectivity index is 1.97. The van der Waals surface area contributed by atoms with Crippen molar-refractivity contribution in [2.75, 3.05) is 26.0 Å². The molecule has 0 saturated carbocycles. The van der Waals surface area contributed by atoms with Crippen LogP contribution in [-0.2, 0) is 21.4 Å². The van der Waals surface area contributed by atoms with E-state index in [0.29, 0.717) is 12.2 Å². The van der Waals surface area contributed by atoms with E-state index in [0.717, 1.165) is 17.0 Å². The Kier molecular flexibility index (Phi) is 6.97. The maximum Gasteiger partial charge on any atom is 0.243 e. The highest BCUT2D eigenvalue weighted by atomic mass is 32.2. The quantitative estimate of drug-likeness (QED) is 0.721. The normalized spacial score (nSPS) is 12.2. The molecular weight excluding hydrogens is 380 g/mol. The molecule has 0 saturated heterocycles. The zero-order chi connectivity index (χ0) is 21.1. The van der Waals surface area contributed by atoms with Crippen molar-refractivity contribution < 1.29 is 17.7 Å². The number of sulfonamides is 1. The summed E-state index contributed by atoms with van der Waals surface area (Å²) in [6, 6.07) is 6.03. The Hall–Kier alpha value is -2.23. The van der Waals surface area contributed by atoms with Gasteiger partial charge in [-0.15, -0.1) is 0 Å². The van der Waals surface area contributed by atoms with Crippen LogP contribution in [0.4, 0.5) is 5.69 Å². The van der Waals surface area contributed by atoms with Crippen molar-refractivity contribution in [2.24, 2.45) is 0 Å². The topological polar surface area (TPSA) is 95.7 Å². The van der Waals surface area contributed by atoms with Crippen LogP contribution in [0.5, 0.6) is 0 Å². The molecule has 0 bridgehead atoms. The van der Waals surface area contributed by atoms with Crippen LogP contribution in [0.3, 0.4) is 0 Å². The summed E-state index contributed by atoms with van der Waals surface area (Å²) in [5.74, 6) is 0.553. The van der Waals surface area contributed by atoms with Crippen molar-refractivity contribution in [1.29, 1.82) is 0 Å². The first-order chi connectivity index (χ1) is 13.0. The minimum absolute atomic E-state index is 0.141. The van der Waals surface area contributed by atoms with Gasteiger partial charge in [0.2, 0.25) is 15.9 Å². The average molecular weight is 409 g/mol. The number of hydrogen-bond acceptors (Lipinski definition) is 6. The molecule has 8 nitrogen and oxygen atoms in total. The molecule has 0 aliphatic heterocycles. The predicted molar refractivity (Wildman–Crippen MR) is 107 cm³/mol. The molecule has 0 fully saturated rings. The van der Waals surface area contributed by atoms with Crippen LogP contribution >= 0.6 is 0 Å². The number of benzene rings is 1. The third-order valence-corrected chi connectivity index (χ3v) is 6.61. The summed E-state index contributed by atoms with van der Waals surface area (Å²) >= 11 is 0. The van der Waals surface area contributed by atoms with Gasteiger partial charge in [0.1, 0.15) is 5.76 Å². The molecule has 0 radical (unpaired) electrons. The molecule has 154 valence electrons. The van der Waals surface area contributed by atoms with Crippen molar-refractivity contribution in [1.82, 2.24) is 14.4 Å². The van der Waals surface area contributed by atoms with Gasteiger partial charge in [0.05, 0.1) is 17.1 Å². The second kappa shape index (κ2) is 8.85. The van der Waals surface area contributed by atoms with Gasteiger partial charge >= 0.3 is 0 Å². The highest BCUT2D eigenvalue weighted by Crippen LogP contribution is 2.19. The lowest BCUT2D eigenvalue weighted by Crippen LogP contribution is -2.33. The van der Waals surface area contributed by atoms with Gasteiger partial charge < -0.3 is 9.84 Å². The van der Waals surface area contributed by atoms with Crippen molar-refractivity contribution in [3.05, 3.63) is 41.3 Å². The number of carbonyl (C=O) groups is 1. The molecule has 1 amide bonds. The summed E-state index contributed by atoms with van der Waals surface area (Å²) in [6.45, 7) is 8.06. The van der Waals surface area contributed by atoms with E-state index >= 15 is 0 Å². The summed E-state index contributed by atoms with van der Waals surface area (Å²) in [6.07, 6.45) is 0. The van der Waals surface area contributed by atoms with Crippen molar-refractivity contribution in [2.45, 2.75) is 45.2 Å². The number of rotatable bonds is 8. The SMILES string of the molecule is Cc1noc(C)c1CN(C)CC(=O)Nc1ccc(S(=O)(=O)N(C)C(C)C)cc1. The lowest BCUT2D eigenvalue weighted by Gasteiger charge is -2.21. The molecule has 9 heteroatoms. The first kappa shape index (κ1) is 22.1. The van der Waals surface area contributed by atoms with Gasteiger partial charge in [-0.1, -0.05) is 5.16 Å². The molecule has 2 aromatic rings. The van der Waals surface area contributed by atoms with E-state index in [4.69, 9.17) is 4.52 Å². The predicted octanol–water partition coefficient (Wildman–Crippen LogP) is 2.39. The minimum Gasteiger partial charge on any atom is -0.361 e. The highest BCUT2D eigenvalue weighted by Gasteiger charge is 2.23. The zero-order valence-corrected chi connectivity index (χ0v) is 18.0. The fourth-order valence-corrected chi connectivity index (χ4v) is 4.02. The zero-order valence-electron chi connectivity index (χ0n) is 17.2. The van der Waals surface area contributed by atoms with Gasteiger partial charge in [-0.05, 0) is 59.0 Å². The van der Waals surface area contributed by atoms with E-state index in [-0.39, 0.29) is 23.4 Å². The molecule has 28 heavy (non-hydrogen) atoms. The Morgan fingerprint density at radius 1 is 1.18 bits per heavy atom. The number of nitrogens with one attached hydrogen (secondary N) is 1. The van der Waals surface area contributed by atoms with Gasteiger partial charge in [0.25, 0.3) is 0 Å². The highest BCUT2D eigenvalue weighted by molar-refractivity contribution is 7.89. The fraction of sp³-hybridized carbons (Fsp3) is 0.474. The number of anilines is 1. The molecule has 2 rings (SSSR count). The molecule has 0 unspecified atom stereocenters. The summed E-state index contributed by atoms with van der Waals surface area (Å²) in [7, 11) is -0.160. The summed E-state index contributed by atoms with van der Waals surface area (Å²) < 4.78 is 31.4. The molecule has 1 N–H and O–H groups in total. The lowest BCUT2D eigenvalue weighted by atomic mass is 10.2. The second-order valence-corrected chi connectivity index (χ2v) is 9.16. The fourth-order valence-electron chi connectivity index (χ4n) is 2.65. The van der Waals surface area contributed by atoms with Gasteiger partial charge in [-0.25, -0.2) is 8.42 Å². The smallest absolute Gasteiger partial charge is 0.243 e. The average Bonchev–Trinajstić information content (AvgIpc) is 2.93. The number of aryl methyl sites for hydroxylation is 2. The Bertz CT molecular complexity index is 900. The minimum atomic E-state index is -3.54. The number of nitrogens with zero attached hydrogens (tertiary/aromatic N) is 3. The first-order valence-corrected chi connectivity index (χ1v) is 10.4. The molecule has 0 aliphatic carbocycles. The first-order valence-electron chi connectivity index (χ1n) is 9.00. The Labute approximate surface area is 166 Å². The van der Waals surface area contributed by atoms with E-state index in [1.165, 1.54) is 16.4 Å². The van der Waals surface area contributed by atoms with Crippen LogP contribution in [0, 0.1) is 13.8 Å². The molecule has 1 heterocycles. The van der Waals surface area contributed by atoms with Crippen LogP contribution in [0.1, 0.15) is 30.9 Å². The van der Waals surface area contributed by atoms with Gasteiger partial charge in [-0.2, -0.15) is 4.31 Å². The van der Waals surface area contributed by atoms with Gasteiger partial charge in [-0.3, -0.25) is 9.69 Å². The van der Waals surface area contributed by atoms with E-state index in [1.54, 1.807) is 19.2 Å². The third-order valence-electron chi connectivity index (χ3n) is 4.57. The van der Waals surface area contributed by atoms with E-state index < -0.39 is 10.0 Å². The standard InChI is InChI=1S/C19H28N4O4S/c1-13(2)23(6)28(25,26)17-9-7-16(8-10-17)20-19(24)12-22(5)11-18-14(3)21-27-15(18)4/h7-10,13H,11-12H2,1-6H3,(H,20,24). The van der Waals surface area contributed by atoms with Crippen LogP contribution in [0.15, 0.2) is 33.7 Å². The monoisotopic (exact) mass is 408 g/mol. The van der Waals surface area contributed by atoms with E-state index in [9.17, 15) is 13.2 Å². The van der Waals surface area contributed by atoms with Crippen LogP contribution in [0.25, 0.3) is 0 Å². The summed E-state index contributed by atoms with van der Waals surface area (Å²) in [4.78, 5) is 14.3. The summed E-state index contributed by atoms with van der Waals surface area (Å²) in [5.41, 5.74) is 2.33. The Morgan fingerprint density at radius 2 is 1.79 bits per heavy atom. The third kappa shape index (κ3) is 5.18. The van der Waals surface area contributed by atoms with E-state index in [1.807, 2.05) is 39.6 Å². The molecule has 1 aromatic heterocycles. The molecule has 1 aromatic carbocycles. The maximum atomic E-state index is 12.5. The van der Waals surface area contributed by atoms with Gasteiger partial charge in [0, 0.05) is 30.9 Å². The second-order valence-electron chi connectivity index (χ2n) is 7.16. The summed E-state index contributed by atoms with van der Waals surface area (Å²) in [5, 5.41) is 6.70. The van der Waals surface area contributed by atoms with Crippen LogP contribution in [-0.4, -0.2) is 55.4 Å². The molecule has 0 spiro atoms. The largest absolute Gasteiger partial charge is 0.361 e. The van der Waals surface area contributed by atoms with Crippen molar-refractivity contribution in [3.63, 3.8) is 0 Å².